The predicted molar refractivity (Wildman–Crippen MR) is 81.0 cm³/mol. The average molecular weight is 452 g/mol. The Balaban J connectivity index is 0.00000180. The van der Waals surface area contributed by atoms with E-state index in [1.165, 1.54) is 12.8 Å². The summed E-state index contributed by atoms with van der Waals surface area (Å²) in [6.07, 6.45) is 7.54. The third kappa shape index (κ3) is 4.48. The van der Waals surface area contributed by atoms with Crippen molar-refractivity contribution in [3.05, 3.63) is 41.0 Å². The van der Waals surface area contributed by atoms with Gasteiger partial charge >= 0.3 is 123 Å². The van der Waals surface area contributed by atoms with E-state index in [0.717, 1.165) is 0 Å². The standard InChI is InChI=1S/2C7H9.C2H7Ge.2ClH.Zr/c2*1-6-3-4-7(2)5-6;1-3-2;;;/h2*5H,3H2,1-2H3;3H,1-2H3;2*1H;/q;;;;;+2/p-2. The van der Waals surface area contributed by atoms with E-state index in [1.54, 1.807) is 22.3 Å². The van der Waals surface area contributed by atoms with E-state index in [0.29, 0.717) is 0 Å². The first-order valence-electron chi connectivity index (χ1n) is 7.01. The molecule has 0 spiro atoms. The zero-order chi connectivity index (χ0) is 13.4. The second-order valence-electron chi connectivity index (χ2n) is 6.23. The Labute approximate surface area is 146 Å². The molecule has 0 aromatic carbocycles. The molecule has 0 unspecified atom stereocenters. The van der Waals surface area contributed by atoms with Gasteiger partial charge in [0.1, 0.15) is 0 Å². The Bertz CT molecular complexity index is 457. The normalized spacial score (nSPS) is 17.9. The van der Waals surface area contributed by atoms with E-state index in [4.69, 9.17) is 0 Å². The molecule has 0 saturated carbocycles. The molecule has 0 heterocycles. The molecule has 20 heavy (non-hydrogen) atoms. The summed E-state index contributed by atoms with van der Waals surface area (Å²) in [7, 11) is -0.999. The smallest absolute Gasteiger partial charge is 1.00 e. The molecular weight excluding hydrogens is 427 g/mol. The molecule has 2 aliphatic rings. The Morgan fingerprint density at radius 3 is 1.35 bits per heavy atom. The first kappa shape index (κ1) is 21.0. The van der Waals surface area contributed by atoms with Crippen LogP contribution in [0.4, 0.5) is 0 Å². The molecule has 2 rings (SSSR count). The van der Waals surface area contributed by atoms with Crippen LogP contribution in [-0.4, -0.2) is 10.6 Å². The second-order valence-corrected chi connectivity index (χ2v) is 38.0. The molecule has 0 aromatic heterocycles. The molecule has 0 atom stereocenters. The molecule has 0 nitrogen and oxygen atoms in total. The van der Waals surface area contributed by atoms with Crippen molar-refractivity contribution in [2.24, 2.45) is 0 Å². The van der Waals surface area contributed by atoms with E-state index < -0.39 is 29.8 Å². The van der Waals surface area contributed by atoms with Gasteiger partial charge in [0, 0.05) is 0 Å². The van der Waals surface area contributed by atoms with Crippen LogP contribution in [0.3, 0.4) is 0 Å². The molecular formula is C16H25Cl2GeZr. The molecule has 0 fully saturated rings. The molecule has 111 valence electrons. The topological polar surface area (TPSA) is 0 Å². The summed E-state index contributed by atoms with van der Waals surface area (Å²) in [4.78, 5) is 0. The fourth-order valence-corrected chi connectivity index (χ4v) is 37.9. The number of rotatable bonds is 3. The van der Waals surface area contributed by atoms with Crippen LogP contribution in [0.15, 0.2) is 41.0 Å². The number of allylic oxidation sites excluding steroid dienone is 8. The van der Waals surface area contributed by atoms with Crippen molar-refractivity contribution in [2.45, 2.75) is 52.0 Å². The quantitative estimate of drug-likeness (QED) is 0.475. The van der Waals surface area contributed by atoms with Crippen molar-refractivity contribution >= 4 is 10.6 Å². The van der Waals surface area contributed by atoms with Crippen molar-refractivity contribution in [3.8, 4) is 0 Å². The van der Waals surface area contributed by atoms with E-state index in [-0.39, 0.29) is 24.8 Å². The molecule has 0 aliphatic heterocycles. The van der Waals surface area contributed by atoms with Crippen LogP contribution in [0.5, 0.6) is 0 Å². The van der Waals surface area contributed by atoms with Gasteiger partial charge in [0.15, 0.2) is 0 Å². The Morgan fingerprint density at radius 1 is 0.800 bits per heavy atom. The third-order valence-corrected chi connectivity index (χ3v) is 35.8. The number of hydrogen-bond acceptors (Lipinski definition) is 0. The van der Waals surface area contributed by atoms with E-state index >= 15 is 0 Å². The third-order valence-electron chi connectivity index (χ3n) is 4.02. The van der Waals surface area contributed by atoms with E-state index in [1.807, 2.05) is 6.56 Å². The van der Waals surface area contributed by atoms with Gasteiger partial charge in [0.05, 0.1) is 0 Å². The summed E-state index contributed by atoms with van der Waals surface area (Å²) in [5.74, 6) is 5.28. The summed E-state index contributed by atoms with van der Waals surface area (Å²) in [5.41, 5.74) is 6.49. The fourth-order valence-electron chi connectivity index (χ4n) is 3.35. The first-order chi connectivity index (χ1) is 8.40. The van der Waals surface area contributed by atoms with Gasteiger partial charge in [-0.25, -0.2) is 0 Å². The first-order valence-corrected chi connectivity index (χ1v) is 22.9. The van der Waals surface area contributed by atoms with Crippen LogP contribution in [0.25, 0.3) is 0 Å². The van der Waals surface area contributed by atoms with Crippen LogP contribution in [0.1, 0.15) is 40.5 Å². The van der Waals surface area contributed by atoms with E-state index in [2.05, 4.69) is 51.4 Å². The maximum atomic E-state index is 2.64. The summed E-state index contributed by atoms with van der Waals surface area (Å²) in [5, 5.41) is 0. The number of hydrogen-bond donors (Lipinski definition) is 0. The Morgan fingerprint density at radius 2 is 1.15 bits per heavy atom. The maximum Gasteiger partial charge on any atom is -1.00 e. The maximum absolute atomic E-state index is 2.64. The minimum Gasteiger partial charge on any atom is -1.00 e. The Hall–Kier alpha value is 0.966. The van der Waals surface area contributed by atoms with Gasteiger partial charge in [-0.1, -0.05) is 0 Å². The molecule has 4 heteroatoms. The fraction of sp³-hybridized carbons (Fsp3) is 0.500. The zero-order valence-electron chi connectivity index (χ0n) is 13.4. The molecule has 0 N–H and O–H groups in total. The molecule has 0 radical (unpaired) electrons. The van der Waals surface area contributed by atoms with Crippen LogP contribution >= 0.6 is 0 Å². The van der Waals surface area contributed by atoms with Gasteiger partial charge in [-0.05, 0) is 0 Å². The van der Waals surface area contributed by atoms with E-state index in [9.17, 15) is 0 Å². The number of halogens is 2. The van der Waals surface area contributed by atoms with Crippen molar-refractivity contribution in [3.63, 3.8) is 0 Å². The summed E-state index contributed by atoms with van der Waals surface area (Å²) >= 11 is -1.43. The van der Waals surface area contributed by atoms with Crippen LogP contribution in [-0.2, 0) is 19.2 Å². The summed E-state index contributed by atoms with van der Waals surface area (Å²) < 4.78 is 3.89. The van der Waals surface area contributed by atoms with Gasteiger partial charge < -0.3 is 24.8 Å². The molecule has 0 aromatic rings. The Kier molecular flexibility index (Phi) is 8.97. The molecule has 2 aliphatic carbocycles. The average Bonchev–Trinajstić information content (AvgIpc) is 2.71. The van der Waals surface area contributed by atoms with Crippen molar-refractivity contribution in [2.75, 3.05) is 0 Å². The van der Waals surface area contributed by atoms with Crippen molar-refractivity contribution in [1.29, 1.82) is 0 Å². The zero-order valence-corrected chi connectivity index (χ0v) is 19.8. The largest absolute Gasteiger partial charge is 1.00 e. The van der Waals surface area contributed by atoms with Gasteiger partial charge in [-0.3, -0.25) is 0 Å². The predicted octanol–water partition coefficient (Wildman–Crippen LogP) is -1.16. The van der Waals surface area contributed by atoms with Gasteiger partial charge in [0.25, 0.3) is 0 Å². The molecule has 0 amide bonds. The second kappa shape index (κ2) is 8.56. The monoisotopic (exact) mass is 451 g/mol. The minimum atomic E-state index is -1.43. The minimum absolute atomic E-state index is 0. The SMILES string of the molecule is CC1=CC(C)=[C]([Zr+2]([C]2=C(C)C=C(C)C2)[GeH]([CH3])[CH3])C1.[Cl-].[Cl-]. The molecule has 0 saturated heterocycles. The van der Waals surface area contributed by atoms with Gasteiger partial charge in [-0.15, -0.1) is 0 Å². The van der Waals surface area contributed by atoms with Crippen LogP contribution < -0.4 is 24.8 Å². The summed E-state index contributed by atoms with van der Waals surface area (Å²) in [6, 6.07) is 0. The molecule has 0 bridgehead atoms. The van der Waals surface area contributed by atoms with Crippen LogP contribution in [0, 0.1) is 0 Å². The van der Waals surface area contributed by atoms with Crippen molar-refractivity contribution < 1.29 is 44.1 Å². The summed E-state index contributed by atoms with van der Waals surface area (Å²) in [6.45, 7) is 9.35. The van der Waals surface area contributed by atoms with Crippen LogP contribution in [0.2, 0.25) is 11.5 Å². The van der Waals surface area contributed by atoms with Gasteiger partial charge in [-0.2, -0.15) is 0 Å². The van der Waals surface area contributed by atoms with Gasteiger partial charge in [0.2, 0.25) is 0 Å². The van der Waals surface area contributed by atoms with Crippen molar-refractivity contribution in [1.82, 2.24) is 0 Å².